The van der Waals surface area contributed by atoms with Gasteiger partial charge in [-0.1, -0.05) is 13.3 Å². The molecule has 150 valence electrons. The van der Waals surface area contributed by atoms with Gasteiger partial charge in [0.2, 0.25) is 5.91 Å². The monoisotopic (exact) mass is 397 g/mol. The second kappa shape index (κ2) is 9.16. The number of nitrogens with zero attached hydrogens (tertiary/aromatic N) is 1. The molecule has 0 unspecified atom stereocenters. The Hall–Kier alpha value is -2.16. The van der Waals surface area contributed by atoms with Gasteiger partial charge >= 0.3 is 12.1 Å². The average molecular weight is 397 g/mol. The SMILES string of the molecule is CCCCOC(=O)[C@H]1NC(=O)[C@@H]1CCc1cnc(NC(=O)OC(C)(C)C)s1. The summed E-state index contributed by atoms with van der Waals surface area (Å²) >= 11 is 1.32. The van der Waals surface area contributed by atoms with E-state index in [0.717, 1.165) is 17.7 Å². The van der Waals surface area contributed by atoms with E-state index in [-0.39, 0.29) is 17.8 Å². The van der Waals surface area contributed by atoms with Gasteiger partial charge in [0, 0.05) is 11.1 Å². The van der Waals surface area contributed by atoms with E-state index < -0.39 is 17.7 Å². The molecule has 2 heterocycles. The summed E-state index contributed by atoms with van der Waals surface area (Å²) in [7, 11) is 0. The molecule has 2 amide bonds. The first-order valence-electron chi connectivity index (χ1n) is 9.11. The summed E-state index contributed by atoms with van der Waals surface area (Å²) in [5, 5.41) is 5.64. The lowest BCUT2D eigenvalue weighted by Crippen LogP contribution is -2.62. The zero-order valence-corrected chi connectivity index (χ0v) is 17.0. The van der Waals surface area contributed by atoms with Crippen LogP contribution in [0.1, 0.15) is 51.8 Å². The third kappa shape index (κ3) is 6.50. The molecule has 27 heavy (non-hydrogen) atoms. The molecule has 2 rings (SSSR count). The molecule has 1 saturated heterocycles. The van der Waals surface area contributed by atoms with Gasteiger partial charge < -0.3 is 14.8 Å². The number of hydrogen-bond donors (Lipinski definition) is 2. The lowest BCUT2D eigenvalue weighted by atomic mass is 9.86. The van der Waals surface area contributed by atoms with Crippen LogP contribution in [0.5, 0.6) is 0 Å². The van der Waals surface area contributed by atoms with Crippen molar-refractivity contribution in [1.82, 2.24) is 10.3 Å². The van der Waals surface area contributed by atoms with E-state index in [2.05, 4.69) is 15.6 Å². The summed E-state index contributed by atoms with van der Waals surface area (Å²) < 4.78 is 10.4. The number of thiazole rings is 1. The second-order valence-electron chi connectivity index (χ2n) is 7.41. The maximum absolute atomic E-state index is 12.0. The highest BCUT2D eigenvalue weighted by atomic mass is 32.1. The Labute approximate surface area is 163 Å². The van der Waals surface area contributed by atoms with Crippen LogP contribution in [-0.4, -0.2) is 41.2 Å². The summed E-state index contributed by atoms with van der Waals surface area (Å²) in [6.07, 6.45) is 3.96. The van der Waals surface area contributed by atoms with Crippen LogP contribution in [0.2, 0.25) is 0 Å². The molecule has 1 fully saturated rings. The molecule has 1 aromatic rings. The molecular formula is C18H27N3O5S. The van der Waals surface area contributed by atoms with Crippen LogP contribution in [0.25, 0.3) is 0 Å². The van der Waals surface area contributed by atoms with E-state index >= 15 is 0 Å². The number of nitrogens with one attached hydrogen (secondary N) is 2. The number of amides is 2. The number of hydrogen-bond acceptors (Lipinski definition) is 7. The Balaban J connectivity index is 1.80. The first-order chi connectivity index (χ1) is 12.7. The van der Waals surface area contributed by atoms with Gasteiger partial charge in [-0.3, -0.25) is 10.1 Å². The van der Waals surface area contributed by atoms with Gasteiger partial charge in [0.15, 0.2) is 5.13 Å². The summed E-state index contributed by atoms with van der Waals surface area (Å²) in [4.78, 5) is 40.6. The zero-order chi connectivity index (χ0) is 20.0. The van der Waals surface area contributed by atoms with Crippen molar-refractivity contribution in [3.8, 4) is 0 Å². The summed E-state index contributed by atoms with van der Waals surface area (Å²) in [6, 6.07) is -0.568. The molecule has 0 bridgehead atoms. The normalized spacial score (nSPS) is 19.0. The predicted octanol–water partition coefficient (Wildman–Crippen LogP) is 2.88. The van der Waals surface area contributed by atoms with E-state index in [1.165, 1.54) is 11.3 Å². The molecule has 2 atom stereocenters. The molecule has 0 aliphatic carbocycles. The maximum Gasteiger partial charge on any atom is 0.413 e. The largest absolute Gasteiger partial charge is 0.464 e. The van der Waals surface area contributed by atoms with Crippen molar-refractivity contribution in [3.05, 3.63) is 11.1 Å². The van der Waals surface area contributed by atoms with Crippen molar-refractivity contribution in [1.29, 1.82) is 0 Å². The van der Waals surface area contributed by atoms with E-state index in [4.69, 9.17) is 9.47 Å². The van der Waals surface area contributed by atoms with Crippen molar-refractivity contribution in [2.24, 2.45) is 5.92 Å². The second-order valence-corrected chi connectivity index (χ2v) is 8.53. The molecule has 0 aromatic carbocycles. The molecule has 2 N–H and O–H groups in total. The van der Waals surface area contributed by atoms with E-state index in [1.807, 2.05) is 6.92 Å². The number of anilines is 1. The van der Waals surface area contributed by atoms with Crippen LogP contribution in [0.3, 0.4) is 0 Å². The molecule has 0 saturated carbocycles. The van der Waals surface area contributed by atoms with Gasteiger partial charge in [0.1, 0.15) is 11.6 Å². The van der Waals surface area contributed by atoms with Crippen LogP contribution in [0, 0.1) is 5.92 Å². The molecule has 0 spiro atoms. The fourth-order valence-electron chi connectivity index (χ4n) is 2.51. The number of β-lactam (4-membered cyclic amide) rings is 1. The minimum absolute atomic E-state index is 0.135. The molecule has 1 aromatic heterocycles. The topological polar surface area (TPSA) is 107 Å². The quantitative estimate of drug-likeness (QED) is 0.397. The minimum Gasteiger partial charge on any atom is -0.464 e. The number of unbranched alkanes of at least 4 members (excludes halogenated alkanes) is 1. The van der Waals surface area contributed by atoms with E-state index in [0.29, 0.717) is 24.6 Å². The van der Waals surface area contributed by atoms with Gasteiger partial charge in [0.05, 0.1) is 12.5 Å². The van der Waals surface area contributed by atoms with Crippen LogP contribution in [0.15, 0.2) is 6.20 Å². The van der Waals surface area contributed by atoms with Crippen LogP contribution in [0.4, 0.5) is 9.93 Å². The number of carbonyl (C=O) groups excluding carboxylic acids is 3. The molecular weight excluding hydrogens is 370 g/mol. The Bertz CT molecular complexity index is 683. The number of esters is 1. The smallest absolute Gasteiger partial charge is 0.413 e. The standard InChI is InChI=1S/C18H27N3O5S/c1-5-6-9-25-15(23)13-12(14(22)20-13)8-7-11-10-19-16(27-11)21-17(24)26-18(2,3)4/h10,12-13H,5-9H2,1-4H3,(H,20,22)(H,19,21,24)/t12-,13+/m1/s1. The van der Waals surface area contributed by atoms with Crippen molar-refractivity contribution in [2.75, 3.05) is 11.9 Å². The van der Waals surface area contributed by atoms with Gasteiger partial charge in [-0.25, -0.2) is 14.6 Å². The molecule has 9 heteroatoms. The zero-order valence-electron chi connectivity index (χ0n) is 16.2. The third-order valence-electron chi connectivity index (χ3n) is 3.90. The summed E-state index contributed by atoms with van der Waals surface area (Å²) in [6.45, 7) is 7.75. The first-order valence-corrected chi connectivity index (χ1v) is 9.93. The minimum atomic E-state index is -0.581. The van der Waals surface area contributed by atoms with Gasteiger partial charge in [-0.2, -0.15) is 0 Å². The Morgan fingerprint density at radius 1 is 1.37 bits per heavy atom. The highest BCUT2D eigenvalue weighted by Gasteiger charge is 2.44. The van der Waals surface area contributed by atoms with Crippen LogP contribution >= 0.6 is 11.3 Å². The van der Waals surface area contributed by atoms with E-state index in [1.54, 1.807) is 27.0 Å². The first kappa shape index (κ1) is 21.1. The van der Waals surface area contributed by atoms with Crippen LogP contribution in [-0.2, 0) is 25.5 Å². The number of rotatable bonds is 8. The third-order valence-corrected chi connectivity index (χ3v) is 4.87. The van der Waals surface area contributed by atoms with Crippen molar-refractivity contribution in [3.63, 3.8) is 0 Å². The Morgan fingerprint density at radius 3 is 2.74 bits per heavy atom. The summed E-state index contributed by atoms with van der Waals surface area (Å²) in [5.74, 6) is -0.891. The summed E-state index contributed by atoms with van der Waals surface area (Å²) in [5.41, 5.74) is -0.581. The van der Waals surface area contributed by atoms with Crippen LogP contribution < -0.4 is 10.6 Å². The average Bonchev–Trinajstić information content (AvgIpc) is 2.98. The Morgan fingerprint density at radius 2 is 2.11 bits per heavy atom. The highest BCUT2D eigenvalue weighted by molar-refractivity contribution is 7.15. The number of aromatic nitrogens is 1. The predicted molar refractivity (Wildman–Crippen MR) is 102 cm³/mol. The number of ether oxygens (including phenoxy) is 2. The molecule has 1 aliphatic heterocycles. The van der Waals surface area contributed by atoms with Crippen molar-refractivity contribution in [2.45, 2.75) is 65.0 Å². The fourth-order valence-corrected chi connectivity index (χ4v) is 3.33. The molecule has 1 aliphatic rings. The maximum atomic E-state index is 12.0. The Kier molecular flexibility index (Phi) is 7.18. The molecule has 8 nitrogen and oxygen atoms in total. The highest BCUT2D eigenvalue weighted by Crippen LogP contribution is 2.26. The fraction of sp³-hybridized carbons (Fsp3) is 0.667. The van der Waals surface area contributed by atoms with Gasteiger partial charge in [0.25, 0.3) is 0 Å². The van der Waals surface area contributed by atoms with Gasteiger partial charge in [-0.05, 0) is 40.0 Å². The van der Waals surface area contributed by atoms with E-state index in [9.17, 15) is 14.4 Å². The molecule has 0 radical (unpaired) electrons. The van der Waals surface area contributed by atoms with Crippen molar-refractivity contribution < 1.29 is 23.9 Å². The number of aryl methyl sites for hydroxylation is 1. The number of carbonyl (C=O) groups is 3. The van der Waals surface area contributed by atoms with Gasteiger partial charge in [-0.15, -0.1) is 11.3 Å². The lowest BCUT2D eigenvalue weighted by molar-refractivity contribution is -0.158. The van der Waals surface area contributed by atoms with Crippen molar-refractivity contribution >= 4 is 34.4 Å². The lowest BCUT2D eigenvalue weighted by Gasteiger charge is -2.34.